The number of amides is 1. The van der Waals surface area contributed by atoms with Crippen LogP contribution in [0.25, 0.3) is 0 Å². The Balaban J connectivity index is 2.46. The zero-order valence-corrected chi connectivity index (χ0v) is 10.3. The summed E-state index contributed by atoms with van der Waals surface area (Å²) in [4.78, 5) is 15.6. The van der Waals surface area contributed by atoms with Gasteiger partial charge in [-0.25, -0.2) is 0 Å². The number of aryl methyl sites for hydroxylation is 1. The van der Waals surface area contributed by atoms with Crippen molar-refractivity contribution in [3.63, 3.8) is 0 Å². The van der Waals surface area contributed by atoms with Gasteiger partial charge in [-0.05, 0) is 39.3 Å². The van der Waals surface area contributed by atoms with Crippen LogP contribution in [0.1, 0.15) is 26.3 Å². The highest BCUT2D eigenvalue weighted by molar-refractivity contribution is 5.92. The largest absolute Gasteiger partial charge is 0.324 e. The van der Waals surface area contributed by atoms with Crippen molar-refractivity contribution < 1.29 is 4.79 Å². The first-order valence-electron chi connectivity index (χ1n) is 5.33. The summed E-state index contributed by atoms with van der Waals surface area (Å²) in [6.07, 6.45) is 3.39. The molecule has 88 valence electrons. The number of aromatic nitrogens is 1. The lowest BCUT2D eigenvalue weighted by molar-refractivity contribution is -0.115. The topological polar surface area (TPSA) is 54.0 Å². The Kier molecular flexibility index (Phi) is 4.01. The SMILES string of the molecule is Cc1cncc(NC(=O)CNC(C)(C)C)c1. The predicted molar refractivity (Wildman–Crippen MR) is 65.4 cm³/mol. The van der Waals surface area contributed by atoms with Crippen LogP contribution in [0.5, 0.6) is 0 Å². The molecular formula is C12H19N3O. The van der Waals surface area contributed by atoms with E-state index in [1.807, 2.05) is 33.8 Å². The third kappa shape index (κ3) is 4.89. The van der Waals surface area contributed by atoms with E-state index in [0.29, 0.717) is 6.54 Å². The lowest BCUT2D eigenvalue weighted by Crippen LogP contribution is -2.41. The highest BCUT2D eigenvalue weighted by atomic mass is 16.1. The molecule has 0 aliphatic heterocycles. The number of carbonyl (C=O) groups is 1. The summed E-state index contributed by atoms with van der Waals surface area (Å²) in [7, 11) is 0. The average molecular weight is 221 g/mol. The average Bonchev–Trinajstić information content (AvgIpc) is 2.14. The molecule has 0 radical (unpaired) electrons. The van der Waals surface area contributed by atoms with Crippen LogP contribution in [-0.2, 0) is 4.79 Å². The van der Waals surface area contributed by atoms with Crippen LogP contribution in [0.4, 0.5) is 5.69 Å². The van der Waals surface area contributed by atoms with Crippen LogP contribution in [0.2, 0.25) is 0 Å². The zero-order chi connectivity index (χ0) is 12.2. The molecule has 1 heterocycles. The Hall–Kier alpha value is -1.42. The molecule has 0 fully saturated rings. The number of anilines is 1. The van der Waals surface area contributed by atoms with Crippen molar-refractivity contribution in [3.05, 3.63) is 24.0 Å². The highest BCUT2D eigenvalue weighted by Crippen LogP contribution is 2.06. The molecule has 1 amide bonds. The second-order valence-electron chi connectivity index (χ2n) is 4.90. The van der Waals surface area contributed by atoms with E-state index < -0.39 is 0 Å². The van der Waals surface area contributed by atoms with E-state index in [0.717, 1.165) is 11.3 Å². The van der Waals surface area contributed by atoms with Gasteiger partial charge in [0.25, 0.3) is 0 Å². The van der Waals surface area contributed by atoms with Crippen LogP contribution < -0.4 is 10.6 Å². The van der Waals surface area contributed by atoms with Crippen LogP contribution >= 0.6 is 0 Å². The number of rotatable bonds is 3. The minimum Gasteiger partial charge on any atom is -0.324 e. The Morgan fingerprint density at radius 3 is 2.62 bits per heavy atom. The molecule has 1 aromatic heterocycles. The molecule has 0 aliphatic rings. The Morgan fingerprint density at radius 2 is 2.06 bits per heavy atom. The number of nitrogens with one attached hydrogen (secondary N) is 2. The smallest absolute Gasteiger partial charge is 0.238 e. The molecule has 2 N–H and O–H groups in total. The summed E-state index contributed by atoms with van der Waals surface area (Å²) in [5.74, 6) is -0.0534. The van der Waals surface area contributed by atoms with Crippen LogP contribution in [0, 0.1) is 6.92 Å². The Bertz CT molecular complexity index is 369. The van der Waals surface area contributed by atoms with Crippen LogP contribution in [0.3, 0.4) is 0 Å². The summed E-state index contributed by atoms with van der Waals surface area (Å²) in [6, 6.07) is 1.89. The molecule has 0 aliphatic carbocycles. The first kappa shape index (κ1) is 12.6. The van der Waals surface area contributed by atoms with E-state index in [2.05, 4.69) is 15.6 Å². The van der Waals surface area contributed by atoms with Crippen LogP contribution in [0.15, 0.2) is 18.5 Å². The Labute approximate surface area is 96.5 Å². The van der Waals surface area contributed by atoms with E-state index >= 15 is 0 Å². The molecule has 0 saturated carbocycles. The van der Waals surface area contributed by atoms with Crippen molar-refractivity contribution in [2.24, 2.45) is 0 Å². The lowest BCUT2D eigenvalue weighted by atomic mass is 10.1. The van der Waals surface area contributed by atoms with Gasteiger partial charge in [0.1, 0.15) is 0 Å². The molecule has 4 heteroatoms. The molecule has 4 nitrogen and oxygen atoms in total. The molecule has 16 heavy (non-hydrogen) atoms. The minimum absolute atomic E-state index is 0.0534. The minimum atomic E-state index is -0.0534. The van der Waals surface area contributed by atoms with E-state index in [9.17, 15) is 4.79 Å². The third-order valence-corrected chi connectivity index (χ3v) is 1.94. The number of nitrogens with zero attached hydrogens (tertiary/aromatic N) is 1. The summed E-state index contributed by atoms with van der Waals surface area (Å²) in [5.41, 5.74) is 1.71. The van der Waals surface area contributed by atoms with Crippen molar-refractivity contribution in [1.82, 2.24) is 10.3 Å². The van der Waals surface area contributed by atoms with Gasteiger partial charge in [-0.3, -0.25) is 9.78 Å². The van der Waals surface area contributed by atoms with E-state index in [1.54, 1.807) is 12.4 Å². The summed E-state index contributed by atoms with van der Waals surface area (Å²) in [6.45, 7) is 8.31. The monoisotopic (exact) mass is 221 g/mol. The van der Waals surface area contributed by atoms with E-state index in [1.165, 1.54) is 0 Å². The fraction of sp³-hybridized carbons (Fsp3) is 0.500. The van der Waals surface area contributed by atoms with Gasteiger partial charge < -0.3 is 10.6 Å². The van der Waals surface area contributed by atoms with Crippen molar-refractivity contribution >= 4 is 11.6 Å². The third-order valence-electron chi connectivity index (χ3n) is 1.94. The van der Waals surface area contributed by atoms with E-state index in [4.69, 9.17) is 0 Å². The fourth-order valence-corrected chi connectivity index (χ4v) is 1.17. The van der Waals surface area contributed by atoms with E-state index in [-0.39, 0.29) is 11.4 Å². The molecule has 0 unspecified atom stereocenters. The van der Waals surface area contributed by atoms with Crippen molar-refractivity contribution in [3.8, 4) is 0 Å². The van der Waals surface area contributed by atoms with Crippen molar-refractivity contribution in [1.29, 1.82) is 0 Å². The molecular weight excluding hydrogens is 202 g/mol. The quantitative estimate of drug-likeness (QED) is 0.817. The molecule has 0 aromatic carbocycles. The maximum Gasteiger partial charge on any atom is 0.238 e. The first-order chi connectivity index (χ1) is 7.37. The molecule has 0 saturated heterocycles. The zero-order valence-electron chi connectivity index (χ0n) is 10.3. The van der Waals surface area contributed by atoms with Gasteiger partial charge in [0.15, 0.2) is 0 Å². The number of carbonyl (C=O) groups excluding carboxylic acids is 1. The summed E-state index contributed by atoms with van der Waals surface area (Å²) >= 11 is 0. The number of hydrogen-bond acceptors (Lipinski definition) is 3. The van der Waals surface area contributed by atoms with Gasteiger partial charge in [0, 0.05) is 11.7 Å². The van der Waals surface area contributed by atoms with Crippen molar-refractivity contribution in [2.75, 3.05) is 11.9 Å². The maximum atomic E-state index is 11.6. The molecule has 1 aromatic rings. The van der Waals surface area contributed by atoms with Crippen molar-refractivity contribution in [2.45, 2.75) is 33.2 Å². The van der Waals surface area contributed by atoms with Gasteiger partial charge >= 0.3 is 0 Å². The number of pyridine rings is 1. The van der Waals surface area contributed by atoms with Crippen LogP contribution in [-0.4, -0.2) is 23.0 Å². The highest BCUT2D eigenvalue weighted by Gasteiger charge is 2.11. The first-order valence-corrected chi connectivity index (χ1v) is 5.33. The predicted octanol–water partition coefficient (Wildman–Crippen LogP) is 1.72. The molecule has 1 rings (SSSR count). The Morgan fingerprint density at radius 1 is 1.38 bits per heavy atom. The molecule has 0 atom stereocenters. The second-order valence-corrected chi connectivity index (χ2v) is 4.90. The van der Waals surface area contributed by atoms with Gasteiger partial charge in [-0.1, -0.05) is 0 Å². The lowest BCUT2D eigenvalue weighted by Gasteiger charge is -2.19. The second kappa shape index (κ2) is 5.07. The summed E-state index contributed by atoms with van der Waals surface area (Å²) < 4.78 is 0. The summed E-state index contributed by atoms with van der Waals surface area (Å²) in [5, 5.41) is 5.92. The fourth-order valence-electron chi connectivity index (χ4n) is 1.17. The molecule has 0 spiro atoms. The van der Waals surface area contributed by atoms with Gasteiger partial charge in [0.2, 0.25) is 5.91 Å². The van der Waals surface area contributed by atoms with Gasteiger partial charge in [-0.2, -0.15) is 0 Å². The van der Waals surface area contributed by atoms with Gasteiger partial charge in [-0.15, -0.1) is 0 Å². The maximum absolute atomic E-state index is 11.6. The molecule has 0 bridgehead atoms. The normalized spacial score (nSPS) is 11.2. The number of hydrogen-bond donors (Lipinski definition) is 2. The van der Waals surface area contributed by atoms with Gasteiger partial charge in [0.05, 0.1) is 18.4 Å². The standard InChI is InChI=1S/C12H19N3O/c1-9-5-10(7-13-6-9)15-11(16)8-14-12(2,3)4/h5-7,14H,8H2,1-4H3,(H,15,16).